The fourth-order valence-corrected chi connectivity index (χ4v) is 0.684. The Morgan fingerprint density at radius 3 is 2.00 bits per heavy atom. The summed E-state index contributed by atoms with van der Waals surface area (Å²) in [4.78, 5) is 10.0. The SMILES string of the molecule is CN(C)c1ncc(CN)cn1.Cl.Cl. The van der Waals surface area contributed by atoms with Gasteiger partial charge in [-0.25, -0.2) is 9.97 Å². The Bertz CT molecular complexity index is 224. The van der Waals surface area contributed by atoms with E-state index in [4.69, 9.17) is 5.73 Å². The molecule has 1 heterocycles. The van der Waals surface area contributed by atoms with E-state index in [1.165, 1.54) is 0 Å². The second-order valence-corrected chi connectivity index (χ2v) is 2.49. The molecule has 0 aliphatic carbocycles. The summed E-state index contributed by atoms with van der Waals surface area (Å²) in [6, 6.07) is 0. The topological polar surface area (TPSA) is 55.0 Å². The number of hydrogen-bond acceptors (Lipinski definition) is 4. The summed E-state index contributed by atoms with van der Waals surface area (Å²) < 4.78 is 0. The minimum absolute atomic E-state index is 0. The number of halogens is 2. The Balaban J connectivity index is 0. The van der Waals surface area contributed by atoms with Crippen molar-refractivity contribution >= 4 is 30.8 Å². The van der Waals surface area contributed by atoms with Crippen molar-refractivity contribution in [1.29, 1.82) is 0 Å². The van der Waals surface area contributed by atoms with Crippen molar-refractivity contribution in [3.05, 3.63) is 18.0 Å². The number of aromatic nitrogens is 2. The second-order valence-electron chi connectivity index (χ2n) is 2.49. The van der Waals surface area contributed by atoms with E-state index < -0.39 is 0 Å². The van der Waals surface area contributed by atoms with Gasteiger partial charge in [0.25, 0.3) is 0 Å². The molecule has 0 spiro atoms. The molecule has 76 valence electrons. The van der Waals surface area contributed by atoms with E-state index in [-0.39, 0.29) is 24.8 Å². The first-order valence-corrected chi connectivity index (χ1v) is 3.42. The van der Waals surface area contributed by atoms with Gasteiger partial charge >= 0.3 is 0 Å². The fraction of sp³-hybridized carbons (Fsp3) is 0.429. The van der Waals surface area contributed by atoms with E-state index >= 15 is 0 Å². The summed E-state index contributed by atoms with van der Waals surface area (Å²) in [5.41, 5.74) is 6.34. The molecule has 0 fully saturated rings. The third kappa shape index (κ3) is 4.26. The maximum absolute atomic E-state index is 5.38. The lowest BCUT2D eigenvalue weighted by Gasteiger charge is -2.08. The van der Waals surface area contributed by atoms with Crippen molar-refractivity contribution in [3.63, 3.8) is 0 Å². The molecule has 1 aromatic heterocycles. The number of rotatable bonds is 2. The van der Waals surface area contributed by atoms with Gasteiger partial charge in [-0.3, -0.25) is 0 Å². The third-order valence-corrected chi connectivity index (χ3v) is 1.33. The van der Waals surface area contributed by atoms with Crippen molar-refractivity contribution in [2.75, 3.05) is 19.0 Å². The van der Waals surface area contributed by atoms with E-state index in [0.29, 0.717) is 12.5 Å². The maximum atomic E-state index is 5.38. The van der Waals surface area contributed by atoms with Gasteiger partial charge in [-0.15, -0.1) is 24.8 Å². The molecule has 0 aromatic carbocycles. The van der Waals surface area contributed by atoms with E-state index in [9.17, 15) is 0 Å². The molecule has 1 aromatic rings. The molecular formula is C7H14Cl2N4. The second kappa shape index (κ2) is 6.88. The van der Waals surface area contributed by atoms with Crippen LogP contribution in [0, 0.1) is 0 Å². The molecular weight excluding hydrogens is 211 g/mol. The summed E-state index contributed by atoms with van der Waals surface area (Å²) in [7, 11) is 3.80. The monoisotopic (exact) mass is 224 g/mol. The molecule has 0 radical (unpaired) electrons. The zero-order valence-electron chi connectivity index (χ0n) is 7.60. The van der Waals surface area contributed by atoms with Crippen LogP contribution in [0.5, 0.6) is 0 Å². The number of anilines is 1. The molecule has 2 N–H and O–H groups in total. The van der Waals surface area contributed by atoms with Crippen molar-refractivity contribution in [2.24, 2.45) is 5.73 Å². The molecule has 0 saturated heterocycles. The van der Waals surface area contributed by atoms with Gasteiger partial charge < -0.3 is 10.6 Å². The predicted octanol–water partition coefficient (Wildman–Crippen LogP) is 0.845. The Labute approximate surface area is 90.4 Å². The van der Waals surface area contributed by atoms with E-state index in [0.717, 1.165) is 5.56 Å². The van der Waals surface area contributed by atoms with Crippen molar-refractivity contribution in [3.8, 4) is 0 Å². The molecule has 1 rings (SSSR count). The van der Waals surface area contributed by atoms with Crippen LogP contribution >= 0.6 is 24.8 Å². The van der Waals surface area contributed by atoms with Crippen molar-refractivity contribution in [1.82, 2.24) is 9.97 Å². The lowest BCUT2D eigenvalue weighted by molar-refractivity contribution is 0.955. The van der Waals surface area contributed by atoms with Gasteiger partial charge in [0, 0.05) is 38.6 Å². The number of nitrogens with two attached hydrogens (primary N) is 1. The van der Waals surface area contributed by atoms with E-state index in [1.807, 2.05) is 19.0 Å². The highest BCUT2D eigenvalue weighted by Gasteiger charge is 1.96. The van der Waals surface area contributed by atoms with Gasteiger partial charge in [0.1, 0.15) is 0 Å². The fourth-order valence-electron chi connectivity index (χ4n) is 0.684. The van der Waals surface area contributed by atoms with Gasteiger partial charge in [-0.1, -0.05) is 0 Å². The molecule has 13 heavy (non-hydrogen) atoms. The normalized spacial score (nSPS) is 8.23. The molecule has 0 aliphatic rings. The average Bonchev–Trinajstić information content (AvgIpc) is 2.05. The first-order valence-electron chi connectivity index (χ1n) is 3.42. The summed E-state index contributed by atoms with van der Waals surface area (Å²) >= 11 is 0. The van der Waals surface area contributed by atoms with Gasteiger partial charge in [0.05, 0.1) is 0 Å². The molecule has 4 nitrogen and oxygen atoms in total. The predicted molar refractivity (Wildman–Crippen MR) is 58.7 cm³/mol. The average molecular weight is 225 g/mol. The molecule has 0 saturated carbocycles. The molecule has 6 heteroatoms. The van der Waals surface area contributed by atoms with Crippen LogP contribution in [0.3, 0.4) is 0 Å². The highest BCUT2D eigenvalue weighted by Crippen LogP contribution is 2.01. The Kier molecular flexibility index (Phi) is 7.90. The van der Waals surface area contributed by atoms with Crippen LogP contribution in [0.15, 0.2) is 12.4 Å². The summed E-state index contributed by atoms with van der Waals surface area (Å²) in [5, 5.41) is 0. The molecule has 0 amide bonds. The maximum Gasteiger partial charge on any atom is 0.224 e. The first kappa shape index (κ1) is 14.9. The first-order chi connectivity index (χ1) is 5.24. The zero-order chi connectivity index (χ0) is 8.27. The van der Waals surface area contributed by atoms with Crippen LogP contribution in [-0.2, 0) is 6.54 Å². The molecule has 0 aliphatic heterocycles. The Morgan fingerprint density at radius 1 is 1.23 bits per heavy atom. The van der Waals surface area contributed by atoms with E-state index in [1.54, 1.807) is 12.4 Å². The quantitative estimate of drug-likeness (QED) is 0.810. The largest absolute Gasteiger partial charge is 0.347 e. The minimum atomic E-state index is 0. The zero-order valence-corrected chi connectivity index (χ0v) is 9.23. The van der Waals surface area contributed by atoms with Crippen LogP contribution < -0.4 is 10.6 Å². The highest BCUT2D eigenvalue weighted by atomic mass is 35.5. The van der Waals surface area contributed by atoms with Gasteiger partial charge in [-0.05, 0) is 0 Å². The van der Waals surface area contributed by atoms with Gasteiger partial charge in [0.2, 0.25) is 5.95 Å². The van der Waals surface area contributed by atoms with Crippen molar-refractivity contribution < 1.29 is 0 Å². The van der Waals surface area contributed by atoms with Crippen LogP contribution in [0.4, 0.5) is 5.95 Å². The number of nitrogens with zero attached hydrogens (tertiary/aromatic N) is 3. The Morgan fingerprint density at radius 2 is 1.69 bits per heavy atom. The molecule has 0 unspecified atom stereocenters. The number of hydrogen-bond donors (Lipinski definition) is 1. The van der Waals surface area contributed by atoms with Crippen LogP contribution in [0.1, 0.15) is 5.56 Å². The molecule has 0 atom stereocenters. The van der Waals surface area contributed by atoms with Crippen LogP contribution in [0.25, 0.3) is 0 Å². The molecule has 0 bridgehead atoms. The standard InChI is InChI=1S/C7H12N4.2ClH/c1-11(2)7-9-4-6(3-8)5-10-7;;/h4-5H,3,8H2,1-2H3;2*1H. The Hall–Kier alpha value is -0.580. The van der Waals surface area contributed by atoms with Crippen molar-refractivity contribution in [2.45, 2.75) is 6.54 Å². The van der Waals surface area contributed by atoms with Gasteiger partial charge in [-0.2, -0.15) is 0 Å². The van der Waals surface area contributed by atoms with Gasteiger partial charge in [0.15, 0.2) is 0 Å². The van der Waals surface area contributed by atoms with Crippen LogP contribution in [0.2, 0.25) is 0 Å². The van der Waals surface area contributed by atoms with E-state index in [2.05, 4.69) is 9.97 Å². The third-order valence-electron chi connectivity index (χ3n) is 1.33. The summed E-state index contributed by atoms with van der Waals surface area (Å²) in [6.45, 7) is 0.494. The summed E-state index contributed by atoms with van der Waals surface area (Å²) in [6.07, 6.45) is 3.48. The minimum Gasteiger partial charge on any atom is -0.347 e. The van der Waals surface area contributed by atoms with Crippen LogP contribution in [-0.4, -0.2) is 24.1 Å². The highest BCUT2D eigenvalue weighted by molar-refractivity contribution is 5.85. The smallest absolute Gasteiger partial charge is 0.224 e. The lowest BCUT2D eigenvalue weighted by atomic mass is 10.3. The lowest BCUT2D eigenvalue weighted by Crippen LogP contribution is -2.12. The summed E-state index contributed by atoms with van der Waals surface area (Å²) in [5.74, 6) is 0.710.